The number of rotatable bonds is 3. The van der Waals surface area contributed by atoms with Crippen molar-refractivity contribution in [3.8, 4) is 12.3 Å². The normalized spacial score (nSPS) is 27.6. The van der Waals surface area contributed by atoms with Crippen LogP contribution in [0.3, 0.4) is 0 Å². The third-order valence-electron chi connectivity index (χ3n) is 4.02. The molecular formula is C17H15FO4. The van der Waals surface area contributed by atoms with E-state index in [9.17, 15) is 24.2 Å². The molecule has 1 aliphatic carbocycles. The average Bonchev–Trinajstić information content (AvgIpc) is 2.46. The summed E-state index contributed by atoms with van der Waals surface area (Å²) in [5.74, 6) is -0.651. The third kappa shape index (κ3) is 2.60. The van der Waals surface area contributed by atoms with Crippen LogP contribution in [0.1, 0.15) is 25.3 Å². The molecule has 5 heteroatoms. The number of carboxylic acid groups (broad SMARTS) is 2. The molecule has 0 spiro atoms. The third-order valence-corrected chi connectivity index (χ3v) is 4.02. The van der Waals surface area contributed by atoms with Crippen LogP contribution in [0.5, 0.6) is 0 Å². The second-order valence-electron chi connectivity index (χ2n) is 5.79. The van der Waals surface area contributed by atoms with E-state index in [1.165, 1.54) is 31.2 Å². The van der Waals surface area contributed by atoms with Gasteiger partial charge in [0.1, 0.15) is 11.2 Å². The SMILES string of the molecule is C#CC1(C(=O)O)CC(c2cccc(F)c2)=CC(C)(C(=O)O)C1. The molecule has 0 aromatic heterocycles. The number of halogens is 1. The second-order valence-corrected chi connectivity index (χ2v) is 5.79. The van der Waals surface area contributed by atoms with Crippen LogP contribution < -0.4 is 0 Å². The van der Waals surface area contributed by atoms with Crippen molar-refractivity contribution >= 4 is 17.5 Å². The second kappa shape index (κ2) is 5.30. The number of carbonyl (C=O) groups is 2. The Bertz CT molecular complexity index is 716. The zero-order valence-electron chi connectivity index (χ0n) is 12.0. The van der Waals surface area contributed by atoms with Gasteiger partial charge in [-0.15, -0.1) is 6.42 Å². The minimum atomic E-state index is -1.62. The van der Waals surface area contributed by atoms with E-state index in [0.29, 0.717) is 11.1 Å². The van der Waals surface area contributed by atoms with Crippen molar-refractivity contribution in [2.45, 2.75) is 19.8 Å². The Balaban J connectivity index is 2.62. The molecule has 0 radical (unpaired) electrons. The molecule has 0 amide bonds. The molecular weight excluding hydrogens is 287 g/mol. The summed E-state index contributed by atoms with van der Waals surface area (Å²) in [7, 11) is 0. The molecule has 0 saturated carbocycles. The Hall–Kier alpha value is -2.61. The van der Waals surface area contributed by atoms with Crippen molar-refractivity contribution in [1.82, 2.24) is 0 Å². The maximum Gasteiger partial charge on any atom is 0.322 e. The van der Waals surface area contributed by atoms with Crippen molar-refractivity contribution in [1.29, 1.82) is 0 Å². The number of carboxylic acids is 2. The van der Waals surface area contributed by atoms with E-state index in [1.807, 2.05) is 0 Å². The maximum atomic E-state index is 13.4. The predicted molar refractivity (Wildman–Crippen MR) is 78.3 cm³/mol. The molecule has 0 bridgehead atoms. The van der Waals surface area contributed by atoms with Crippen LogP contribution in [0.25, 0.3) is 5.57 Å². The van der Waals surface area contributed by atoms with Gasteiger partial charge in [0.15, 0.2) is 0 Å². The first-order chi connectivity index (χ1) is 10.2. The highest BCUT2D eigenvalue weighted by molar-refractivity contribution is 5.89. The van der Waals surface area contributed by atoms with E-state index in [1.54, 1.807) is 6.07 Å². The molecule has 1 aromatic carbocycles. The van der Waals surface area contributed by atoms with Crippen LogP contribution in [-0.2, 0) is 9.59 Å². The molecule has 0 aliphatic heterocycles. The average molecular weight is 302 g/mol. The molecule has 1 aliphatic rings. The molecule has 2 atom stereocenters. The van der Waals surface area contributed by atoms with Crippen molar-refractivity contribution in [2.24, 2.45) is 10.8 Å². The van der Waals surface area contributed by atoms with Gasteiger partial charge in [-0.3, -0.25) is 9.59 Å². The zero-order chi connectivity index (χ0) is 16.5. The highest BCUT2D eigenvalue weighted by Crippen LogP contribution is 2.48. The first-order valence-electron chi connectivity index (χ1n) is 6.65. The Morgan fingerprint density at radius 2 is 2.00 bits per heavy atom. The number of hydrogen-bond donors (Lipinski definition) is 2. The molecule has 1 aromatic rings. The topological polar surface area (TPSA) is 74.6 Å². The van der Waals surface area contributed by atoms with E-state index in [2.05, 4.69) is 5.92 Å². The van der Waals surface area contributed by atoms with Crippen LogP contribution in [0.2, 0.25) is 0 Å². The molecule has 114 valence electrons. The lowest BCUT2D eigenvalue weighted by atomic mass is 9.63. The summed E-state index contributed by atoms with van der Waals surface area (Å²) < 4.78 is 13.4. The van der Waals surface area contributed by atoms with E-state index in [-0.39, 0.29) is 12.8 Å². The molecule has 2 rings (SSSR count). The van der Waals surface area contributed by atoms with E-state index >= 15 is 0 Å². The van der Waals surface area contributed by atoms with Crippen molar-refractivity contribution < 1.29 is 24.2 Å². The van der Waals surface area contributed by atoms with E-state index < -0.39 is 28.6 Å². The monoisotopic (exact) mass is 302 g/mol. The first kappa shape index (κ1) is 15.8. The highest BCUT2D eigenvalue weighted by atomic mass is 19.1. The smallest absolute Gasteiger partial charge is 0.322 e. The Kier molecular flexibility index (Phi) is 3.80. The Labute approximate surface area is 127 Å². The number of terminal acetylenes is 1. The van der Waals surface area contributed by atoms with Gasteiger partial charge in [0.2, 0.25) is 0 Å². The lowest BCUT2D eigenvalue weighted by Crippen LogP contribution is -2.42. The summed E-state index contributed by atoms with van der Waals surface area (Å²) in [6.45, 7) is 1.42. The molecule has 2 N–H and O–H groups in total. The summed E-state index contributed by atoms with van der Waals surface area (Å²) in [4.78, 5) is 23.2. The Morgan fingerprint density at radius 1 is 1.32 bits per heavy atom. The van der Waals surface area contributed by atoms with Gasteiger partial charge in [-0.1, -0.05) is 24.1 Å². The fourth-order valence-electron chi connectivity index (χ4n) is 2.83. The lowest BCUT2D eigenvalue weighted by Gasteiger charge is -2.37. The maximum absolute atomic E-state index is 13.4. The summed E-state index contributed by atoms with van der Waals surface area (Å²) in [5.41, 5.74) is -2.18. The summed E-state index contributed by atoms with van der Waals surface area (Å²) in [6.07, 6.45) is 6.64. The molecule has 4 nitrogen and oxygen atoms in total. The van der Waals surface area contributed by atoms with Gasteiger partial charge < -0.3 is 10.2 Å². The van der Waals surface area contributed by atoms with Gasteiger partial charge in [-0.05, 0) is 43.0 Å². The minimum absolute atomic E-state index is 0.0366. The van der Waals surface area contributed by atoms with Gasteiger partial charge in [-0.25, -0.2) is 4.39 Å². The standard InChI is InChI=1S/C17H15FO4/c1-3-17(15(21)22)9-12(8-16(2,10-17)14(19)20)11-5-4-6-13(18)7-11/h1,4-8H,9-10H2,2H3,(H,19,20)(H,21,22). The number of aliphatic carboxylic acids is 2. The van der Waals surface area contributed by atoms with Gasteiger partial charge >= 0.3 is 11.9 Å². The van der Waals surface area contributed by atoms with Crippen LogP contribution in [0.15, 0.2) is 30.3 Å². The number of hydrogen-bond acceptors (Lipinski definition) is 2. The van der Waals surface area contributed by atoms with Gasteiger partial charge in [0.25, 0.3) is 0 Å². The molecule has 0 fully saturated rings. The van der Waals surface area contributed by atoms with E-state index in [4.69, 9.17) is 6.42 Å². The number of allylic oxidation sites excluding steroid dienone is 1. The molecule has 2 unspecified atom stereocenters. The van der Waals surface area contributed by atoms with Crippen molar-refractivity contribution in [3.63, 3.8) is 0 Å². The predicted octanol–water partition coefficient (Wildman–Crippen LogP) is 2.80. The fourth-order valence-corrected chi connectivity index (χ4v) is 2.83. The van der Waals surface area contributed by atoms with Crippen LogP contribution in [-0.4, -0.2) is 22.2 Å². The van der Waals surface area contributed by atoms with Gasteiger partial charge in [-0.2, -0.15) is 0 Å². The van der Waals surface area contributed by atoms with Crippen LogP contribution >= 0.6 is 0 Å². The largest absolute Gasteiger partial charge is 0.481 e. The van der Waals surface area contributed by atoms with E-state index in [0.717, 1.165) is 0 Å². The zero-order valence-corrected chi connectivity index (χ0v) is 12.0. The Morgan fingerprint density at radius 3 is 2.50 bits per heavy atom. The lowest BCUT2D eigenvalue weighted by molar-refractivity contribution is -0.152. The quantitative estimate of drug-likeness (QED) is 0.842. The van der Waals surface area contributed by atoms with Crippen LogP contribution in [0.4, 0.5) is 4.39 Å². The molecule has 22 heavy (non-hydrogen) atoms. The first-order valence-corrected chi connectivity index (χ1v) is 6.65. The van der Waals surface area contributed by atoms with Crippen LogP contribution in [0, 0.1) is 29.0 Å². The summed E-state index contributed by atoms with van der Waals surface area (Å²) in [6, 6.07) is 5.58. The summed E-state index contributed by atoms with van der Waals surface area (Å²) >= 11 is 0. The number of benzene rings is 1. The molecule has 0 heterocycles. The van der Waals surface area contributed by atoms with Gasteiger partial charge in [0.05, 0.1) is 5.41 Å². The van der Waals surface area contributed by atoms with Crippen molar-refractivity contribution in [2.75, 3.05) is 0 Å². The molecule has 0 saturated heterocycles. The summed E-state index contributed by atoms with van der Waals surface area (Å²) in [5, 5.41) is 18.9. The van der Waals surface area contributed by atoms with Gasteiger partial charge in [0, 0.05) is 0 Å². The minimum Gasteiger partial charge on any atom is -0.481 e. The fraction of sp³-hybridized carbons (Fsp3) is 0.294. The van der Waals surface area contributed by atoms with Crippen molar-refractivity contribution in [3.05, 3.63) is 41.7 Å². The highest BCUT2D eigenvalue weighted by Gasteiger charge is 2.50.